The molecule has 1 N–H and O–H groups in total. The summed E-state index contributed by atoms with van der Waals surface area (Å²) in [7, 11) is -4.32. The number of carbonyl (C=O) groups excluding carboxylic acids is 1. The number of rotatable bonds is 4. The van der Waals surface area contributed by atoms with Gasteiger partial charge in [0.05, 0.1) is 6.54 Å². The van der Waals surface area contributed by atoms with Gasteiger partial charge in [-0.2, -0.15) is 4.72 Å². The van der Waals surface area contributed by atoms with Crippen molar-refractivity contribution in [3.8, 4) is 0 Å². The van der Waals surface area contributed by atoms with E-state index in [1.807, 2.05) is 0 Å². The fraction of sp³-hybridized carbons (Fsp3) is 0.133. The average molecular weight is 338 g/mol. The minimum Gasteiger partial charge on any atom is -0.309 e. The van der Waals surface area contributed by atoms with Gasteiger partial charge in [-0.15, -0.1) is 0 Å². The van der Waals surface area contributed by atoms with Gasteiger partial charge in [-0.05, 0) is 30.3 Å². The van der Waals surface area contributed by atoms with Gasteiger partial charge in [0.2, 0.25) is 15.9 Å². The number of nitrogens with zero attached hydrogens (tertiary/aromatic N) is 1. The van der Waals surface area contributed by atoms with E-state index in [-0.39, 0.29) is 6.54 Å². The van der Waals surface area contributed by atoms with E-state index in [1.165, 1.54) is 4.90 Å². The van der Waals surface area contributed by atoms with Crippen LogP contribution in [0.5, 0.6) is 0 Å². The zero-order chi connectivity index (χ0) is 16.6. The molecule has 1 atom stereocenters. The number of amides is 1. The second kappa shape index (κ2) is 5.71. The van der Waals surface area contributed by atoms with Crippen LogP contribution in [0.4, 0.5) is 14.5 Å². The fourth-order valence-corrected chi connectivity index (χ4v) is 3.56. The normalized spacial score (nSPS) is 17.9. The minimum atomic E-state index is -4.32. The number of sulfonamides is 1. The maximum atomic E-state index is 13.6. The Hall–Kier alpha value is -2.32. The topological polar surface area (TPSA) is 66.5 Å². The van der Waals surface area contributed by atoms with Crippen molar-refractivity contribution in [1.82, 2.24) is 4.72 Å². The van der Waals surface area contributed by atoms with E-state index in [9.17, 15) is 22.0 Å². The number of anilines is 1. The van der Waals surface area contributed by atoms with Crippen LogP contribution < -0.4 is 9.62 Å². The molecule has 1 heterocycles. The first-order chi connectivity index (χ1) is 10.9. The van der Waals surface area contributed by atoms with E-state index in [0.717, 1.165) is 12.1 Å². The van der Waals surface area contributed by atoms with Gasteiger partial charge in [-0.3, -0.25) is 4.79 Å². The summed E-state index contributed by atoms with van der Waals surface area (Å²) in [5, 5.41) is 0. The first kappa shape index (κ1) is 15.6. The SMILES string of the molecule is O=C1C(NS(=O)(=O)c2cc(F)ccc2F)CN1c1ccccc1. The van der Waals surface area contributed by atoms with Crippen molar-refractivity contribution in [2.75, 3.05) is 11.4 Å². The van der Waals surface area contributed by atoms with Crippen molar-refractivity contribution in [2.45, 2.75) is 10.9 Å². The largest absolute Gasteiger partial charge is 0.309 e. The van der Waals surface area contributed by atoms with E-state index in [1.54, 1.807) is 30.3 Å². The summed E-state index contributed by atoms with van der Waals surface area (Å²) in [4.78, 5) is 12.6. The molecule has 2 aromatic rings. The molecule has 0 bridgehead atoms. The zero-order valence-electron chi connectivity index (χ0n) is 11.7. The van der Waals surface area contributed by atoms with Crippen LogP contribution in [-0.4, -0.2) is 26.9 Å². The van der Waals surface area contributed by atoms with Crippen molar-refractivity contribution in [3.63, 3.8) is 0 Å². The molecular weight excluding hydrogens is 326 g/mol. The molecule has 1 unspecified atom stereocenters. The van der Waals surface area contributed by atoms with Crippen molar-refractivity contribution in [3.05, 3.63) is 60.2 Å². The molecule has 1 fully saturated rings. The number of para-hydroxylation sites is 1. The summed E-state index contributed by atoms with van der Waals surface area (Å²) < 4.78 is 53.1. The lowest BCUT2D eigenvalue weighted by Crippen LogP contribution is -2.64. The molecule has 23 heavy (non-hydrogen) atoms. The van der Waals surface area contributed by atoms with Crippen molar-refractivity contribution in [1.29, 1.82) is 0 Å². The Kier molecular flexibility index (Phi) is 3.87. The summed E-state index contributed by atoms with van der Waals surface area (Å²) in [6, 6.07) is 9.86. The lowest BCUT2D eigenvalue weighted by Gasteiger charge is -2.38. The number of halogens is 2. The standard InChI is InChI=1S/C15H12F2N2O3S/c16-10-6-7-12(17)14(8-10)23(21,22)18-13-9-19(15(13)20)11-4-2-1-3-5-11/h1-8,13,18H,9H2. The zero-order valence-corrected chi connectivity index (χ0v) is 12.6. The third-order valence-corrected chi connectivity index (χ3v) is 4.96. The first-order valence-electron chi connectivity index (χ1n) is 6.72. The Labute approximate surface area is 131 Å². The van der Waals surface area contributed by atoms with Crippen molar-refractivity contribution >= 4 is 21.6 Å². The number of β-lactam (4-membered cyclic amide) rings is 1. The second-order valence-corrected chi connectivity index (χ2v) is 6.72. The highest BCUT2D eigenvalue weighted by atomic mass is 32.2. The van der Waals surface area contributed by atoms with Gasteiger partial charge >= 0.3 is 0 Å². The molecule has 8 heteroatoms. The van der Waals surface area contributed by atoms with Crippen molar-refractivity contribution < 1.29 is 22.0 Å². The van der Waals surface area contributed by atoms with Gasteiger partial charge in [0, 0.05) is 5.69 Å². The Balaban J connectivity index is 1.76. The summed E-state index contributed by atoms with van der Waals surface area (Å²) in [5.74, 6) is -2.40. The second-order valence-electron chi connectivity index (χ2n) is 5.03. The molecule has 5 nitrogen and oxygen atoms in total. The molecule has 3 rings (SSSR count). The van der Waals surface area contributed by atoms with Crippen LogP contribution in [0.2, 0.25) is 0 Å². The summed E-state index contributed by atoms with van der Waals surface area (Å²) in [5.41, 5.74) is 0.643. The van der Waals surface area contributed by atoms with Crippen LogP contribution in [0.25, 0.3) is 0 Å². The predicted molar refractivity (Wildman–Crippen MR) is 79.3 cm³/mol. The molecule has 1 aliphatic rings. The van der Waals surface area contributed by atoms with Gasteiger partial charge < -0.3 is 4.90 Å². The van der Waals surface area contributed by atoms with Crippen LogP contribution in [0, 0.1) is 11.6 Å². The Bertz CT molecular complexity index is 856. The van der Waals surface area contributed by atoms with Crippen molar-refractivity contribution in [2.24, 2.45) is 0 Å². The first-order valence-corrected chi connectivity index (χ1v) is 8.20. The monoisotopic (exact) mass is 338 g/mol. The summed E-state index contributed by atoms with van der Waals surface area (Å²) >= 11 is 0. The molecular formula is C15H12F2N2O3S. The van der Waals surface area contributed by atoms with Crippen LogP contribution in [0.1, 0.15) is 0 Å². The lowest BCUT2D eigenvalue weighted by atomic mass is 10.1. The predicted octanol–water partition coefficient (Wildman–Crippen LogP) is 1.66. The highest BCUT2D eigenvalue weighted by Crippen LogP contribution is 2.23. The molecule has 0 saturated carbocycles. The van der Waals surface area contributed by atoms with Gasteiger partial charge in [0.15, 0.2) is 0 Å². The number of nitrogens with one attached hydrogen (secondary N) is 1. The molecule has 0 aliphatic carbocycles. The fourth-order valence-electron chi connectivity index (χ4n) is 2.29. The van der Waals surface area contributed by atoms with E-state index in [2.05, 4.69) is 4.72 Å². The van der Waals surface area contributed by atoms with E-state index in [0.29, 0.717) is 11.8 Å². The number of hydrogen-bond donors (Lipinski definition) is 1. The van der Waals surface area contributed by atoms with E-state index < -0.39 is 38.5 Å². The molecule has 2 aromatic carbocycles. The Morgan fingerprint density at radius 1 is 1.09 bits per heavy atom. The summed E-state index contributed by atoms with van der Waals surface area (Å²) in [6.07, 6.45) is 0. The maximum absolute atomic E-state index is 13.6. The molecule has 1 aliphatic heterocycles. The van der Waals surface area contributed by atoms with Gasteiger partial charge in [0.25, 0.3) is 0 Å². The van der Waals surface area contributed by atoms with E-state index >= 15 is 0 Å². The molecule has 0 radical (unpaired) electrons. The van der Waals surface area contributed by atoms with Crippen LogP contribution >= 0.6 is 0 Å². The van der Waals surface area contributed by atoms with Crippen LogP contribution in [0.15, 0.2) is 53.4 Å². The Morgan fingerprint density at radius 2 is 1.78 bits per heavy atom. The number of hydrogen-bond acceptors (Lipinski definition) is 3. The Morgan fingerprint density at radius 3 is 2.43 bits per heavy atom. The number of benzene rings is 2. The highest BCUT2D eigenvalue weighted by molar-refractivity contribution is 7.89. The summed E-state index contributed by atoms with van der Waals surface area (Å²) in [6.45, 7) is 0.124. The van der Waals surface area contributed by atoms with Crippen LogP contribution in [0.3, 0.4) is 0 Å². The highest BCUT2D eigenvalue weighted by Gasteiger charge is 2.40. The molecule has 0 spiro atoms. The third-order valence-electron chi connectivity index (χ3n) is 3.48. The van der Waals surface area contributed by atoms with Gasteiger partial charge in [0.1, 0.15) is 22.6 Å². The quantitative estimate of drug-likeness (QED) is 0.862. The third kappa shape index (κ3) is 2.95. The minimum absolute atomic E-state index is 0.124. The number of carbonyl (C=O) groups is 1. The average Bonchev–Trinajstić information content (AvgIpc) is 2.53. The molecule has 120 valence electrons. The smallest absolute Gasteiger partial charge is 0.247 e. The molecule has 0 aromatic heterocycles. The lowest BCUT2D eigenvalue weighted by molar-refractivity contribution is -0.124. The van der Waals surface area contributed by atoms with Crippen LogP contribution in [-0.2, 0) is 14.8 Å². The van der Waals surface area contributed by atoms with Gasteiger partial charge in [-0.1, -0.05) is 18.2 Å². The van der Waals surface area contributed by atoms with E-state index in [4.69, 9.17) is 0 Å². The molecule has 1 saturated heterocycles. The molecule has 1 amide bonds. The van der Waals surface area contributed by atoms with Gasteiger partial charge in [-0.25, -0.2) is 17.2 Å². The maximum Gasteiger partial charge on any atom is 0.247 e.